The Morgan fingerprint density at radius 1 is 1.46 bits per heavy atom. The van der Waals surface area contributed by atoms with E-state index in [1.54, 1.807) is 23.5 Å². The van der Waals surface area contributed by atoms with Crippen LogP contribution < -0.4 is 0 Å². The molecular formula is C16H15ClN4O2S. The molecule has 1 aliphatic carbocycles. The number of ether oxygens (including phenoxy) is 1. The predicted octanol–water partition coefficient (Wildman–Crippen LogP) is 3.32. The highest BCUT2D eigenvalue weighted by Gasteiger charge is 2.24. The van der Waals surface area contributed by atoms with E-state index in [4.69, 9.17) is 16.3 Å². The van der Waals surface area contributed by atoms with E-state index in [9.17, 15) is 4.79 Å². The van der Waals surface area contributed by atoms with Gasteiger partial charge in [0.25, 0.3) is 0 Å². The second kappa shape index (κ2) is 6.14. The molecule has 1 aliphatic rings. The Morgan fingerprint density at radius 2 is 2.33 bits per heavy atom. The lowest BCUT2D eigenvalue weighted by Gasteiger charge is -2.18. The standard InChI is InChI=1S/C16H15ClN4O2S/c1-9-2-3-10-11(8-24-12(10)6-9)16(22)23-7-15-19-18-14-5-4-13(17)20-21(14)15/h4-5,8-9H,2-3,6-7H2,1H3/t9-/m1/s1. The fourth-order valence-electron chi connectivity index (χ4n) is 2.96. The van der Waals surface area contributed by atoms with Gasteiger partial charge in [-0.3, -0.25) is 0 Å². The Hall–Kier alpha value is -1.99. The minimum Gasteiger partial charge on any atom is -0.454 e. The van der Waals surface area contributed by atoms with Crippen molar-refractivity contribution < 1.29 is 9.53 Å². The molecule has 0 fully saturated rings. The molecule has 0 unspecified atom stereocenters. The van der Waals surface area contributed by atoms with E-state index in [1.165, 1.54) is 9.39 Å². The molecule has 0 aromatic carbocycles. The molecular weight excluding hydrogens is 348 g/mol. The van der Waals surface area contributed by atoms with Crippen molar-refractivity contribution >= 4 is 34.6 Å². The minimum absolute atomic E-state index is 0.00830. The molecule has 3 aromatic heterocycles. The number of thiophene rings is 1. The van der Waals surface area contributed by atoms with Crippen molar-refractivity contribution in [1.29, 1.82) is 0 Å². The van der Waals surface area contributed by atoms with Gasteiger partial charge in [-0.1, -0.05) is 18.5 Å². The zero-order valence-electron chi connectivity index (χ0n) is 13.0. The van der Waals surface area contributed by atoms with Crippen LogP contribution in [0.3, 0.4) is 0 Å². The van der Waals surface area contributed by atoms with Crippen LogP contribution in [-0.4, -0.2) is 25.8 Å². The van der Waals surface area contributed by atoms with Gasteiger partial charge in [-0.15, -0.1) is 21.5 Å². The van der Waals surface area contributed by atoms with Crippen molar-refractivity contribution in [2.24, 2.45) is 5.92 Å². The van der Waals surface area contributed by atoms with E-state index in [2.05, 4.69) is 22.2 Å². The maximum Gasteiger partial charge on any atom is 0.339 e. The summed E-state index contributed by atoms with van der Waals surface area (Å²) in [5, 5.41) is 14.3. The second-order valence-electron chi connectivity index (χ2n) is 6.02. The van der Waals surface area contributed by atoms with Gasteiger partial charge in [-0.2, -0.15) is 9.61 Å². The fraction of sp³-hybridized carbons (Fsp3) is 0.375. The van der Waals surface area contributed by atoms with Crippen LogP contribution in [0.1, 0.15) is 40.0 Å². The van der Waals surface area contributed by atoms with E-state index >= 15 is 0 Å². The number of hydrogen-bond acceptors (Lipinski definition) is 6. The molecule has 6 nitrogen and oxygen atoms in total. The summed E-state index contributed by atoms with van der Waals surface area (Å²) in [5.41, 5.74) is 2.39. The summed E-state index contributed by atoms with van der Waals surface area (Å²) in [4.78, 5) is 13.7. The molecule has 0 amide bonds. The number of rotatable bonds is 3. The van der Waals surface area contributed by atoms with E-state index in [-0.39, 0.29) is 12.6 Å². The summed E-state index contributed by atoms with van der Waals surface area (Å²) in [6, 6.07) is 3.35. The number of nitrogens with zero attached hydrogens (tertiary/aromatic N) is 4. The molecule has 0 spiro atoms. The highest BCUT2D eigenvalue weighted by molar-refractivity contribution is 7.10. The molecule has 24 heavy (non-hydrogen) atoms. The molecule has 1 atom stereocenters. The maximum absolute atomic E-state index is 12.4. The number of carbonyl (C=O) groups is 1. The van der Waals surface area contributed by atoms with Gasteiger partial charge >= 0.3 is 5.97 Å². The van der Waals surface area contributed by atoms with Gasteiger partial charge in [0.05, 0.1) is 5.56 Å². The lowest BCUT2D eigenvalue weighted by Crippen LogP contribution is -2.14. The number of hydrogen-bond donors (Lipinski definition) is 0. The first-order valence-electron chi connectivity index (χ1n) is 7.75. The smallest absolute Gasteiger partial charge is 0.339 e. The van der Waals surface area contributed by atoms with Crippen LogP contribution in [0.25, 0.3) is 5.65 Å². The maximum atomic E-state index is 12.4. The SMILES string of the molecule is C[C@@H]1CCc2c(C(=O)OCc3nnc4ccc(Cl)nn34)csc2C1. The number of fused-ring (bicyclic) bond motifs is 2. The summed E-state index contributed by atoms with van der Waals surface area (Å²) in [7, 11) is 0. The average Bonchev–Trinajstić information content (AvgIpc) is 3.15. The molecule has 0 saturated heterocycles. The van der Waals surface area contributed by atoms with E-state index in [0.29, 0.717) is 28.1 Å². The van der Waals surface area contributed by atoms with Crippen molar-refractivity contribution in [3.05, 3.63) is 44.5 Å². The quantitative estimate of drug-likeness (QED) is 0.668. The summed E-state index contributed by atoms with van der Waals surface area (Å²) in [5.74, 6) is 0.803. The highest BCUT2D eigenvalue weighted by Crippen LogP contribution is 2.33. The number of carbonyl (C=O) groups excluding carboxylic acids is 1. The van der Waals surface area contributed by atoms with E-state index < -0.39 is 0 Å². The van der Waals surface area contributed by atoms with Crippen molar-refractivity contribution in [1.82, 2.24) is 19.8 Å². The van der Waals surface area contributed by atoms with Gasteiger partial charge in [0, 0.05) is 10.3 Å². The van der Waals surface area contributed by atoms with Crippen molar-refractivity contribution in [2.75, 3.05) is 0 Å². The Bertz CT molecular complexity index is 920. The molecule has 0 saturated carbocycles. The molecule has 0 N–H and O–H groups in total. The van der Waals surface area contributed by atoms with Crippen LogP contribution in [-0.2, 0) is 24.2 Å². The first-order valence-corrected chi connectivity index (χ1v) is 9.01. The molecule has 124 valence electrons. The number of esters is 1. The predicted molar refractivity (Wildman–Crippen MR) is 90.4 cm³/mol. The summed E-state index contributed by atoms with van der Waals surface area (Å²) in [6.45, 7) is 2.25. The van der Waals surface area contributed by atoms with E-state index in [0.717, 1.165) is 24.8 Å². The average molecular weight is 363 g/mol. The molecule has 8 heteroatoms. The lowest BCUT2D eigenvalue weighted by atomic mass is 9.88. The third-order valence-corrected chi connectivity index (χ3v) is 5.50. The van der Waals surface area contributed by atoms with Crippen molar-refractivity contribution in [3.8, 4) is 0 Å². The summed E-state index contributed by atoms with van der Waals surface area (Å²) >= 11 is 7.54. The third-order valence-electron chi connectivity index (χ3n) is 4.25. The first-order chi connectivity index (χ1) is 11.6. The minimum atomic E-state index is -0.319. The zero-order chi connectivity index (χ0) is 16.7. The highest BCUT2D eigenvalue weighted by atomic mass is 35.5. The molecule has 0 aliphatic heterocycles. The normalized spacial score (nSPS) is 17.0. The number of aromatic nitrogens is 4. The summed E-state index contributed by atoms with van der Waals surface area (Å²) in [6.07, 6.45) is 3.10. The van der Waals surface area contributed by atoms with Gasteiger partial charge in [0.15, 0.2) is 18.1 Å². The van der Waals surface area contributed by atoms with Gasteiger partial charge in [-0.05, 0) is 42.9 Å². The first kappa shape index (κ1) is 15.5. The Kier molecular flexibility index (Phi) is 3.97. The molecule has 0 radical (unpaired) electrons. The van der Waals surface area contributed by atoms with Gasteiger partial charge < -0.3 is 4.74 Å². The topological polar surface area (TPSA) is 69.4 Å². The van der Waals surface area contributed by atoms with Gasteiger partial charge in [-0.25, -0.2) is 4.79 Å². The second-order valence-corrected chi connectivity index (χ2v) is 7.37. The van der Waals surface area contributed by atoms with Gasteiger partial charge in [0.1, 0.15) is 5.15 Å². The Balaban J connectivity index is 1.52. The lowest BCUT2D eigenvalue weighted by molar-refractivity contribution is 0.0459. The van der Waals surface area contributed by atoms with Crippen LogP contribution in [0.5, 0.6) is 0 Å². The zero-order valence-corrected chi connectivity index (χ0v) is 14.6. The Morgan fingerprint density at radius 3 is 3.21 bits per heavy atom. The monoisotopic (exact) mass is 362 g/mol. The van der Waals surface area contributed by atoms with Crippen LogP contribution in [0.15, 0.2) is 17.5 Å². The van der Waals surface area contributed by atoms with Crippen LogP contribution in [0.4, 0.5) is 0 Å². The van der Waals surface area contributed by atoms with Crippen LogP contribution in [0, 0.1) is 5.92 Å². The molecule has 3 heterocycles. The molecule has 0 bridgehead atoms. The molecule has 4 rings (SSSR count). The summed E-state index contributed by atoms with van der Waals surface area (Å²) < 4.78 is 6.92. The third kappa shape index (κ3) is 2.78. The fourth-order valence-corrected chi connectivity index (χ4v) is 4.33. The number of halogens is 1. The van der Waals surface area contributed by atoms with Crippen molar-refractivity contribution in [2.45, 2.75) is 32.8 Å². The molecule has 3 aromatic rings. The van der Waals surface area contributed by atoms with Crippen LogP contribution in [0.2, 0.25) is 5.15 Å². The van der Waals surface area contributed by atoms with Crippen molar-refractivity contribution in [3.63, 3.8) is 0 Å². The Labute approximate surface area is 147 Å². The van der Waals surface area contributed by atoms with Crippen LogP contribution >= 0.6 is 22.9 Å². The van der Waals surface area contributed by atoms with E-state index in [1.807, 2.05) is 5.38 Å². The largest absolute Gasteiger partial charge is 0.454 e. The van der Waals surface area contributed by atoms with Gasteiger partial charge in [0.2, 0.25) is 0 Å².